The number of anilines is 1. The van der Waals surface area contributed by atoms with E-state index in [1.165, 1.54) is 50.8 Å². The van der Waals surface area contributed by atoms with Crippen LogP contribution in [0.3, 0.4) is 0 Å². The number of halogens is 2. The highest BCUT2D eigenvalue weighted by Gasteiger charge is 2.28. The number of nitrogens with one attached hydrogen (secondary N) is 1. The van der Waals surface area contributed by atoms with E-state index < -0.39 is 28.3 Å². The Labute approximate surface area is 266 Å². The summed E-state index contributed by atoms with van der Waals surface area (Å²) in [6.07, 6.45) is 1.38. The summed E-state index contributed by atoms with van der Waals surface area (Å²) >= 11 is 5.95. The van der Waals surface area contributed by atoms with E-state index in [2.05, 4.69) is 10.5 Å². The van der Waals surface area contributed by atoms with Crippen LogP contribution in [0.25, 0.3) is 0 Å². The Morgan fingerprint density at radius 1 is 0.889 bits per heavy atom. The first-order valence-corrected chi connectivity index (χ1v) is 15.4. The monoisotopic (exact) mass is 655 g/mol. The second-order valence-electron chi connectivity index (χ2n) is 9.35. The predicted octanol–water partition coefficient (Wildman–Crippen LogP) is 5.82. The largest absolute Gasteiger partial charge is 0.493 e. The van der Waals surface area contributed by atoms with E-state index in [0.717, 1.165) is 22.0 Å². The lowest BCUT2D eigenvalue weighted by Gasteiger charge is -2.24. The molecule has 0 radical (unpaired) electrons. The van der Waals surface area contributed by atoms with Crippen LogP contribution in [0.15, 0.2) is 94.9 Å². The van der Waals surface area contributed by atoms with E-state index in [4.69, 9.17) is 30.5 Å². The standard InChI is InChI=1S/C32H31ClFN3O7S/c1-4-43-31-17-23(7-15-29(31)44-21-22-5-8-24(33)9-6-22)19-35-36-32(38)20-37(26-12-10-25(34)11-13-26)45(39,40)27-14-16-28(41-2)30(18-27)42-3/h5-19H,4,20-21H2,1-3H3,(H,36,38)/b35-19-. The molecule has 1 amide bonds. The summed E-state index contributed by atoms with van der Waals surface area (Å²) in [7, 11) is -1.52. The minimum Gasteiger partial charge on any atom is -0.493 e. The lowest BCUT2D eigenvalue weighted by molar-refractivity contribution is -0.119. The molecule has 0 saturated heterocycles. The van der Waals surface area contributed by atoms with Gasteiger partial charge in [-0.3, -0.25) is 9.10 Å². The van der Waals surface area contributed by atoms with E-state index in [1.54, 1.807) is 30.3 Å². The summed E-state index contributed by atoms with van der Waals surface area (Å²) in [4.78, 5) is 12.8. The van der Waals surface area contributed by atoms with Crippen LogP contribution in [0, 0.1) is 5.82 Å². The smallest absolute Gasteiger partial charge is 0.264 e. The zero-order chi connectivity index (χ0) is 32.4. The van der Waals surface area contributed by atoms with Gasteiger partial charge in [0.1, 0.15) is 19.0 Å². The van der Waals surface area contributed by atoms with Crippen LogP contribution in [0.1, 0.15) is 18.1 Å². The fourth-order valence-corrected chi connectivity index (χ4v) is 5.67. The van der Waals surface area contributed by atoms with Gasteiger partial charge in [-0.15, -0.1) is 0 Å². The van der Waals surface area contributed by atoms with Crippen molar-refractivity contribution in [1.82, 2.24) is 5.43 Å². The summed E-state index contributed by atoms with van der Waals surface area (Å²) in [6, 6.07) is 21.2. The molecule has 0 fully saturated rings. The lowest BCUT2D eigenvalue weighted by Crippen LogP contribution is -2.39. The molecule has 13 heteroatoms. The molecule has 4 rings (SSSR count). The van der Waals surface area contributed by atoms with E-state index in [9.17, 15) is 17.6 Å². The average molecular weight is 656 g/mol. The number of methoxy groups -OCH3 is 2. The van der Waals surface area contributed by atoms with Crippen LogP contribution in [0.2, 0.25) is 5.02 Å². The van der Waals surface area contributed by atoms with Crippen molar-refractivity contribution in [1.29, 1.82) is 0 Å². The van der Waals surface area contributed by atoms with Gasteiger partial charge in [0.15, 0.2) is 23.0 Å². The van der Waals surface area contributed by atoms with E-state index in [0.29, 0.717) is 41.0 Å². The van der Waals surface area contributed by atoms with Gasteiger partial charge in [0.25, 0.3) is 15.9 Å². The quantitative estimate of drug-likeness (QED) is 0.134. The number of nitrogens with zero attached hydrogens (tertiary/aromatic N) is 2. The van der Waals surface area contributed by atoms with Gasteiger partial charge < -0.3 is 18.9 Å². The molecule has 0 aliphatic heterocycles. The van der Waals surface area contributed by atoms with Crippen molar-refractivity contribution in [3.05, 3.63) is 107 Å². The molecule has 0 heterocycles. The topological polar surface area (TPSA) is 116 Å². The van der Waals surface area contributed by atoms with E-state index in [1.807, 2.05) is 19.1 Å². The number of hydrogen-bond donors (Lipinski definition) is 1. The number of carbonyl (C=O) groups is 1. The number of carbonyl (C=O) groups excluding carboxylic acids is 1. The average Bonchev–Trinajstić information content (AvgIpc) is 3.04. The molecule has 0 bridgehead atoms. The second-order valence-corrected chi connectivity index (χ2v) is 11.7. The van der Waals surface area contributed by atoms with Crippen molar-refractivity contribution in [3.8, 4) is 23.0 Å². The normalized spacial score (nSPS) is 11.2. The van der Waals surface area contributed by atoms with Gasteiger partial charge in [-0.2, -0.15) is 5.10 Å². The number of hydrazone groups is 1. The zero-order valence-electron chi connectivity index (χ0n) is 24.7. The highest BCUT2D eigenvalue weighted by atomic mass is 35.5. The Balaban J connectivity index is 1.49. The summed E-state index contributed by atoms with van der Waals surface area (Å²) in [5, 5.41) is 4.62. The number of benzene rings is 4. The Morgan fingerprint density at radius 2 is 1.58 bits per heavy atom. The van der Waals surface area contributed by atoms with Gasteiger partial charge in [-0.05, 0) is 84.8 Å². The molecule has 0 unspecified atom stereocenters. The molecule has 4 aromatic rings. The van der Waals surface area contributed by atoms with Gasteiger partial charge in [0.2, 0.25) is 0 Å². The van der Waals surface area contributed by atoms with Gasteiger partial charge >= 0.3 is 0 Å². The summed E-state index contributed by atoms with van der Waals surface area (Å²) in [5.41, 5.74) is 3.93. The van der Waals surface area contributed by atoms with E-state index in [-0.39, 0.29) is 16.3 Å². The van der Waals surface area contributed by atoms with Crippen molar-refractivity contribution in [2.45, 2.75) is 18.4 Å². The molecule has 0 aromatic heterocycles. The molecule has 10 nitrogen and oxygen atoms in total. The number of amides is 1. The van der Waals surface area contributed by atoms with Crippen LogP contribution < -0.4 is 28.7 Å². The Bertz CT molecular complexity index is 1750. The van der Waals surface area contributed by atoms with Crippen LogP contribution in [-0.4, -0.2) is 47.9 Å². The van der Waals surface area contributed by atoms with Crippen LogP contribution in [-0.2, 0) is 21.4 Å². The molecule has 0 spiro atoms. The number of hydrogen-bond acceptors (Lipinski definition) is 8. The molecule has 45 heavy (non-hydrogen) atoms. The second kappa shape index (κ2) is 15.3. The van der Waals surface area contributed by atoms with Gasteiger partial charge in [0, 0.05) is 11.1 Å². The van der Waals surface area contributed by atoms with E-state index >= 15 is 0 Å². The third-order valence-electron chi connectivity index (χ3n) is 6.32. The molecule has 236 valence electrons. The molecule has 0 atom stereocenters. The Hall–Kier alpha value is -4.81. The highest BCUT2D eigenvalue weighted by Crippen LogP contribution is 2.32. The molecule has 0 aliphatic carbocycles. The predicted molar refractivity (Wildman–Crippen MR) is 170 cm³/mol. The number of rotatable bonds is 14. The number of ether oxygens (including phenoxy) is 4. The van der Waals surface area contributed by atoms with Crippen molar-refractivity contribution in [3.63, 3.8) is 0 Å². The van der Waals surface area contributed by atoms with Gasteiger partial charge in [-0.1, -0.05) is 23.7 Å². The molecular formula is C32H31ClFN3O7S. The molecule has 4 aromatic carbocycles. The van der Waals surface area contributed by atoms with Crippen molar-refractivity contribution >= 4 is 39.4 Å². The molecule has 0 saturated carbocycles. The van der Waals surface area contributed by atoms with Gasteiger partial charge in [0.05, 0.1) is 37.6 Å². The zero-order valence-corrected chi connectivity index (χ0v) is 26.3. The number of sulfonamides is 1. The maximum Gasteiger partial charge on any atom is 0.264 e. The Kier molecular flexibility index (Phi) is 11.2. The third-order valence-corrected chi connectivity index (χ3v) is 8.34. The lowest BCUT2D eigenvalue weighted by atomic mass is 10.2. The summed E-state index contributed by atoms with van der Waals surface area (Å²) in [6.45, 7) is 1.88. The fraction of sp³-hybridized carbons (Fsp3) is 0.188. The summed E-state index contributed by atoms with van der Waals surface area (Å²) < 4.78 is 64.0. The summed E-state index contributed by atoms with van der Waals surface area (Å²) in [5.74, 6) is 0.190. The maximum absolute atomic E-state index is 13.7. The molecular weight excluding hydrogens is 625 g/mol. The molecule has 0 aliphatic rings. The first kappa shape index (κ1) is 33.1. The first-order chi connectivity index (χ1) is 21.6. The fourth-order valence-electron chi connectivity index (χ4n) is 4.11. The van der Waals surface area contributed by atoms with Crippen LogP contribution >= 0.6 is 11.6 Å². The van der Waals surface area contributed by atoms with Crippen molar-refractivity contribution in [2.75, 3.05) is 31.7 Å². The first-order valence-electron chi connectivity index (χ1n) is 13.6. The Morgan fingerprint density at radius 3 is 2.24 bits per heavy atom. The minimum absolute atomic E-state index is 0.0702. The maximum atomic E-state index is 13.7. The van der Waals surface area contributed by atoms with Crippen LogP contribution in [0.4, 0.5) is 10.1 Å². The third kappa shape index (κ3) is 8.64. The SMILES string of the molecule is CCOc1cc(/C=N\NC(=O)CN(c2ccc(F)cc2)S(=O)(=O)c2ccc(OC)c(OC)c2)ccc1OCc1ccc(Cl)cc1. The highest BCUT2D eigenvalue weighted by molar-refractivity contribution is 7.92. The van der Waals surface area contributed by atoms with Crippen molar-refractivity contribution in [2.24, 2.45) is 5.10 Å². The van der Waals surface area contributed by atoms with Gasteiger partial charge in [-0.25, -0.2) is 18.2 Å². The van der Waals surface area contributed by atoms with Crippen LogP contribution in [0.5, 0.6) is 23.0 Å². The molecule has 1 N–H and O–H groups in total. The minimum atomic E-state index is -4.32. The van der Waals surface area contributed by atoms with Crippen molar-refractivity contribution < 1.29 is 36.6 Å².